The van der Waals surface area contributed by atoms with Crippen LogP contribution in [0.25, 0.3) is 0 Å². The second-order valence-electron chi connectivity index (χ2n) is 7.54. The SMILES string of the molecule is COc1ccc(CNC(=O)c2cc([C@H]3CCCN(Cc4ccccn4)C3)no2)cc1. The lowest BCUT2D eigenvalue weighted by molar-refractivity contribution is 0.0913. The van der Waals surface area contributed by atoms with Crippen LogP contribution in [-0.4, -0.2) is 41.1 Å². The predicted molar refractivity (Wildman–Crippen MR) is 112 cm³/mol. The Morgan fingerprint density at radius 1 is 1.27 bits per heavy atom. The van der Waals surface area contributed by atoms with E-state index >= 15 is 0 Å². The number of piperidine rings is 1. The average molecular weight is 406 g/mol. The molecule has 7 heteroatoms. The number of nitrogens with one attached hydrogen (secondary N) is 1. The standard InChI is InChI=1S/C23H26N4O3/c1-29-20-9-7-17(8-10-20)14-25-23(28)22-13-21(26-30-22)18-5-4-12-27(15-18)16-19-6-2-3-11-24-19/h2-3,6-11,13,18H,4-5,12,14-16H2,1H3,(H,25,28)/t18-/m0/s1. The van der Waals surface area contributed by atoms with Crippen LogP contribution in [0.5, 0.6) is 5.75 Å². The minimum atomic E-state index is -0.259. The third kappa shape index (κ3) is 5.04. The molecule has 1 N–H and O–H groups in total. The molecule has 1 aliphatic heterocycles. The number of rotatable bonds is 7. The molecule has 3 heterocycles. The van der Waals surface area contributed by atoms with Crippen molar-refractivity contribution < 1.29 is 14.1 Å². The Balaban J connectivity index is 1.32. The van der Waals surface area contributed by atoms with Crippen molar-refractivity contribution in [1.29, 1.82) is 0 Å². The maximum absolute atomic E-state index is 12.5. The van der Waals surface area contributed by atoms with Gasteiger partial charge in [-0.25, -0.2) is 0 Å². The lowest BCUT2D eigenvalue weighted by atomic mass is 9.94. The van der Waals surface area contributed by atoms with Crippen LogP contribution >= 0.6 is 0 Å². The largest absolute Gasteiger partial charge is 0.497 e. The zero-order valence-corrected chi connectivity index (χ0v) is 17.1. The van der Waals surface area contributed by atoms with Gasteiger partial charge in [0.25, 0.3) is 5.91 Å². The minimum absolute atomic E-state index is 0.250. The lowest BCUT2D eigenvalue weighted by Gasteiger charge is -2.31. The number of likely N-dealkylation sites (tertiary alicyclic amines) is 1. The molecular formula is C23H26N4O3. The third-order valence-electron chi connectivity index (χ3n) is 5.40. The summed E-state index contributed by atoms with van der Waals surface area (Å²) < 4.78 is 10.5. The number of hydrogen-bond donors (Lipinski definition) is 1. The van der Waals surface area contributed by atoms with Crippen molar-refractivity contribution in [3.05, 3.63) is 77.4 Å². The molecule has 1 atom stereocenters. The van der Waals surface area contributed by atoms with Gasteiger partial charge in [-0.1, -0.05) is 23.4 Å². The van der Waals surface area contributed by atoms with Gasteiger partial charge in [0.15, 0.2) is 0 Å². The Bertz CT molecular complexity index is 956. The van der Waals surface area contributed by atoms with Crippen molar-refractivity contribution in [2.75, 3.05) is 20.2 Å². The molecule has 1 aromatic carbocycles. The summed E-state index contributed by atoms with van der Waals surface area (Å²) in [6.07, 6.45) is 3.95. The van der Waals surface area contributed by atoms with E-state index in [1.807, 2.05) is 48.7 Å². The summed E-state index contributed by atoms with van der Waals surface area (Å²) in [7, 11) is 1.63. The molecule has 1 aliphatic rings. The first-order valence-corrected chi connectivity index (χ1v) is 10.2. The van der Waals surface area contributed by atoms with E-state index in [4.69, 9.17) is 9.26 Å². The molecule has 0 aliphatic carbocycles. The van der Waals surface area contributed by atoms with Gasteiger partial charge in [0.2, 0.25) is 5.76 Å². The third-order valence-corrected chi connectivity index (χ3v) is 5.40. The van der Waals surface area contributed by atoms with E-state index in [2.05, 4.69) is 20.4 Å². The minimum Gasteiger partial charge on any atom is -0.497 e. The Hall–Kier alpha value is -3.19. The zero-order chi connectivity index (χ0) is 20.8. The molecule has 2 aromatic heterocycles. The molecule has 1 saturated heterocycles. The number of carbonyl (C=O) groups is 1. The van der Waals surface area contributed by atoms with Gasteiger partial charge in [0.05, 0.1) is 18.5 Å². The van der Waals surface area contributed by atoms with Gasteiger partial charge in [-0.05, 0) is 49.2 Å². The molecule has 1 amide bonds. The molecular weight excluding hydrogens is 380 g/mol. The highest BCUT2D eigenvalue weighted by Crippen LogP contribution is 2.27. The van der Waals surface area contributed by atoms with Gasteiger partial charge < -0.3 is 14.6 Å². The number of carbonyl (C=O) groups excluding carboxylic acids is 1. The molecule has 1 fully saturated rings. The van der Waals surface area contributed by atoms with E-state index in [-0.39, 0.29) is 17.6 Å². The Morgan fingerprint density at radius 3 is 2.90 bits per heavy atom. The molecule has 0 radical (unpaired) electrons. The van der Waals surface area contributed by atoms with E-state index in [0.717, 1.165) is 55.2 Å². The van der Waals surface area contributed by atoms with Gasteiger partial charge in [0.1, 0.15) is 5.75 Å². The highest BCUT2D eigenvalue weighted by molar-refractivity contribution is 5.91. The van der Waals surface area contributed by atoms with Gasteiger partial charge in [-0.3, -0.25) is 14.7 Å². The van der Waals surface area contributed by atoms with Gasteiger partial charge in [0, 0.05) is 37.8 Å². The fraction of sp³-hybridized carbons (Fsp3) is 0.348. The summed E-state index contributed by atoms with van der Waals surface area (Å²) in [6.45, 7) is 3.17. The normalized spacial score (nSPS) is 16.9. The number of ether oxygens (including phenoxy) is 1. The summed E-state index contributed by atoms with van der Waals surface area (Å²) in [5, 5.41) is 7.06. The number of aromatic nitrogens is 2. The van der Waals surface area contributed by atoms with E-state index < -0.39 is 0 Å². The van der Waals surface area contributed by atoms with E-state index in [1.165, 1.54) is 0 Å². The highest BCUT2D eigenvalue weighted by Gasteiger charge is 2.25. The van der Waals surface area contributed by atoms with E-state index in [0.29, 0.717) is 6.54 Å². The second-order valence-corrected chi connectivity index (χ2v) is 7.54. The topological polar surface area (TPSA) is 80.5 Å². The molecule has 0 saturated carbocycles. The summed E-state index contributed by atoms with van der Waals surface area (Å²) in [5.74, 6) is 1.04. The molecule has 4 rings (SSSR count). The van der Waals surface area contributed by atoms with E-state index in [9.17, 15) is 4.79 Å². The van der Waals surface area contributed by atoms with Gasteiger partial charge >= 0.3 is 0 Å². The fourth-order valence-corrected chi connectivity index (χ4v) is 3.76. The van der Waals surface area contributed by atoms with Crippen LogP contribution in [0.1, 0.15) is 46.3 Å². The van der Waals surface area contributed by atoms with Crippen molar-refractivity contribution in [1.82, 2.24) is 20.4 Å². The van der Waals surface area contributed by atoms with Crippen molar-refractivity contribution in [2.24, 2.45) is 0 Å². The smallest absolute Gasteiger partial charge is 0.290 e. The predicted octanol–water partition coefficient (Wildman–Crippen LogP) is 3.39. The molecule has 3 aromatic rings. The number of pyridine rings is 1. The average Bonchev–Trinajstić information content (AvgIpc) is 3.29. The number of benzene rings is 1. The lowest BCUT2D eigenvalue weighted by Crippen LogP contribution is -2.34. The van der Waals surface area contributed by atoms with Gasteiger partial charge in [-0.15, -0.1) is 0 Å². The van der Waals surface area contributed by atoms with E-state index in [1.54, 1.807) is 13.2 Å². The first-order valence-electron chi connectivity index (χ1n) is 10.2. The first-order chi connectivity index (χ1) is 14.7. The van der Waals surface area contributed by atoms with Crippen LogP contribution in [0, 0.1) is 0 Å². The molecule has 0 spiro atoms. The number of amides is 1. The summed E-state index contributed by atoms with van der Waals surface area (Å²) in [6, 6.07) is 15.3. The monoisotopic (exact) mass is 406 g/mol. The zero-order valence-electron chi connectivity index (χ0n) is 17.1. The van der Waals surface area contributed by atoms with Crippen molar-refractivity contribution >= 4 is 5.91 Å². The van der Waals surface area contributed by atoms with Gasteiger partial charge in [-0.2, -0.15) is 0 Å². The maximum atomic E-state index is 12.5. The molecule has 7 nitrogen and oxygen atoms in total. The number of nitrogens with zero attached hydrogens (tertiary/aromatic N) is 3. The van der Waals surface area contributed by atoms with Crippen molar-refractivity contribution in [3.63, 3.8) is 0 Å². The Labute approximate surface area is 176 Å². The number of hydrogen-bond acceptors (Lipinski definition) is 6. The Kier molecular flexibility index (Phi) is 6.39. The molecule has 0 unspecified atom stereocenters. The fourth-order valence-electron chi connectivity index (χ4n) is 3.76. The molecule has 156 valence electrons. The van der Waals surface area contributed by atoms with Crippen LogP contribution in [0.2, 0.25) is 0 Å². The van der Waals surface area contributed by atoms with Crippen LogP contribution in [0.15, 0.2) is 59.3 Å². The summed E-state index contributed by atoms with van der Waals surface area (Å²) in [5.41, 5.74) is 2.90. The van der Waals surface area contributed by atoms with Crippen LogP contribution in [-0.2, 0) is 13.1 Å². The number of methoxy groups -OCH3 is 1. The van der Waals surface area contributed by atoms with Crippen LogP contribution < -0.4 is 10.1 Å². The Morgan fingerprint density at radius 2 is 2.13 bits per heavy atom. The van der Waals surface area contributed by atoms with Crippen LogP contribution in [0.3, 0.4) is 0 Å². The second kappa shape index (κ2) is 9.54. The highest BCUT2D eigenvalue weighted by atomic mass is 16.5. The molecule has 0 bridgehead atoms. The maximum Gasteiger partial charge on any atom is 0.290 e. The van der Waals surface area contributed by atoms with Crippen molar-refractivity contribution in [3.8, 4) is 5.75 Å². The summed E-state index contributed by atoms with van der Waals surface area (Å²) >= 11 is 0. The van der Waals surface area contributed by atoms with Crippen molar-refractivity contribution in [2.45, 2.75) is 31.8 Å². The quantitative estimate of drug-likeness (QED) is 0.648. The first kappa shape index (κ1) is 20.1. The summed E-state index contributed by atoms with van der Waals surface area (Å²) in [4.78, 5) is 19.3. The van der Waals surface area contributed by atoms with Crippen LogP contribution in [0.4, 0.5) is 0 Å². The molecule has 30 heavy (non-hydrogen) atoms.